The van der Waals surface area contributed by atoms with E-state index in [2.05, 4.69) is 46.5 Å². The smallest absolute Gasteiger partial charge is 0.276 e. The Bertz CT molecular complexity index is 874. The van der Waals surface area contributed by atoms with Crippen LogP contribution in [-0.4, -0.2) is 15.9 Å². The quantitative estimate of drug-likeness (QED) is 0.621. The molecule has 0 radical (unpaired) electrons. The lowest BCUT2D eigenvalue weighted by atomic mass is 10.1. The zero-order chi connectivity index (χ0) is 17.8. The predicted molar refractivity (Wildman–Crippen MR) is 111 cm³/mol. The molecule has 1 amide bonds. The molecule has 3 N–H and O–H groups in total. The number of benzene rings is 1. The summed E-state index contributed by atoms with van der Waals surface area (Å²) >= 11 is 2.85. The van der Waals surface area contributed by atoms with Gasteiger partial charge in [-0.3, -0.25) is 10.1 Å². The second kappa shape index (κ2) is 9.23. The van der Waals surface area contributed by atoms with Gasteiger partial charge in [0, 0.05) is 22.4 Å². The summed E-state index contributed by atoms with van der Waals surface area (Å²) in [6.07, 6.45) is 2.21. The summed E-state index contributed by atoms with van der Waals surface area (Å²) in [5, 5.41) is 5.87. The zero-order valence-electron chi connectivity index (χ0n) is 14.6. The van der Waals surface area contributed by atoms with Crippen molar-refractivity contribution >= 4 is 46.1 Å². The normalized spacial score (nSPS) is 10.4. The molecular weight excluding hydrogens is 388 g/mol. The van der Waals surface area contributed by atoms with Gasteiger partial charge in [0.2, 0.25) is 0 Å². The fourth-order valence-corrected chi connectivity index (χ4v) is 3.99. The first-order valence-electron chi connectivity index (χ1n) is 8.13. The maximum Gasteiger partial charge on any atom is 0.276 e. The van der Waals surface area contributed by atoms with E-state index in [4.69, 9.17) is 5.73 Å². The topological polar surface area (TPSA) is 80.9 Å². The molecule has 3 aromatic rings. The van der Waals surface area contributed by atoms with E-state index in [-0.39, 0.29) is 18.3 Å². The van der Waals surface area contributed by atoms with Crippen molar-refractivity contribution in [3.05, 3.63) is 50.8 Å². The van der Waals surface area contributed by atoms with Crippen LogP contribution in [-0.2, 0) is 13.0 Å². The van der Waals surface area contributed by atoms with Crippen molar-refractivity contribution in [3.63, 3.8) is 0 Å². The zero-order valence-corrected chi connectivity index (χ0v) is 17.1. The number of nitrogens with zero attached hydrogens (tertiary/aromatic N) is 2. The van der Waals surface area contributed by atoms with Crippen LogP contribution in [0, 0.1) is 6.92 Å². The average Bonchev–Trinajstić information content (AvgIpc) is 3.22. The van der Waals surface area contributed by atoms with Gasteiger partial charge in [-0.1, -0.05) is 37.6 Å². The van der Waals surface area contributed by atoms with Gasteiger partial charge in [0.25, 0.3) is 5.91 Å². The van der Waals surface area contributed by atoms with Crippen molar-refractivity contribution in [1.29, 1.82) is 0 Å². The van der Waals surface area contributed by atoms with E-state index in [1.54, 1.807) is 5.38 Å². The van der Waals surface area contributed by atoms with Crippen molar-refractivity contribution in [2.75, 3.05) is 5.32 Å². The van der Waals surface area contributed by atoms with E-state index in [1.165, 1.54) is 28.2 Å². The monoisotopic (exact) mass is 408 g/mol. The van der Waals surface area contributed by atoms with Crippen LogP contribution in [0.25, 0.3) is 11.3 Å². The van der Waals surface area contributed by atoms with Crippen LogP contribution < -0.4 is 11.1 Å². The van der Waals surface area contributed by atoms with E-state index >= 15 is 0 Å². The molecule has 3 rings (SSSR count). The Morgan fingerprint density at radius 1 is 1.23 bits per heavy atom. The molecule has 5 nitrogen and oxygen atoms in total. The van der Waals surface area contributed by atoms with Crippen LogP contribution in [0.4, 0.5) is 5.13 Å². The van der Waals surface area contributed by atoms with Crippen molar-refractivity contribution in [1.82, 2.24) is 9.97 Å². The molecule has 2 heterocycles. The minimum Gasteiger partial charge on any atom is -0.325 e. The van der Waals surface area contributed by atoms with Gasteiger partial charge >= 0.3 is 0 Å². The van der Waals surface area contributed by atoms with Gasteiger partial charge in [-0.05, 0) is 18.9 Å². The first kappa shape index (κ1) is 20.5. The number of hydrogen-bond acceptors (Lipinski definition) is 6. The Labute approximate surface area is 167 Å². The molecule has 8 heteroatoms. The molecular formula is C18H21ClN4OS2. The number of hydrogen-bond donors (Lipinski definition) is 2. The number of rotatable bonds is 6. The Kier molecular flexibility index (Phi) is 7.28. The summed E-state index contributed by atoms with van der Waals surface area (Å²) in [5.41, 5.74) is 9.21. The highest BCUT2D eigenvalue weighted by molar-refractivity contribution is 7.16. The van der Waals surface area contributed by atoms with E-state index in [9.17, 15) is 4.79 Å². The maximum atomic E-state index is 12.3. The van der Waals surface area contributed by atoms with Gasteiger partial charge in [0.05, 0.1) is 5.69 Å². The molecule has 138 valence electrons. The largest absolute Gasteiger partial charge is 0.325 e. The molecule has 0 saturated heterocycles. The molecule has 0 aliphatic carbocycles. The molecule has 0 unspecified atom stereocenters. The molecule has 0 bridgehead atoms. The molecule has 0 saturated carbocycles. The number of aryl methyl sites for hydroxylation is 2. The standard InChI is InChI=1S/C18H20N4OS2.ClH/c1-3-4-12-5-7-13(8-6-12)16-11(2)25-18(21-16)22-17(23)14-10-24-15(9-19)20-14;/h5-8,10H,3-4,9,19H2,1-2H3,(H,21,22,23);1H. The predicted octanol–water partition coefficient (Wildman–Crippen LogP) is 4.66. The summed E-state index contributed by atoms with van der Waals surface area (Å²) < 4.78 is 0. The number of thiazole rings is 2. The minimum absolute atomic E-state index is 0. The van der Waals surface area contributed by atoms with E-state index in [1.807, 2.05) is 6.92 Å². The number of anilines is 1. The molecule has 26 heavy (non-hydrogen) atoms. The molecule has 0 aliphatic rings. The van der Waals surface area contributed by atoms with Crippen LogP contribution >= 0.6 is 35.1 Å². The van der Waals surface area contributed by atoms with Crippen LogP contribution in [0.15, 0.2) is 29.6 Å². The number of nitrogens with two attached hydrogens (primary N) is 1. The van der Waals surface area contributed by atoms with Gasteiger partial charge in [-0.2, -0.15) is 0 Å². The van der Waals surface area contributed by atoms with Crippen molar-refractivity contribution in [3.8, 4) is 11.3 Å². The van der Waals surface area contributed by atoms with Gasteiger partial charge in [0.1, 0.15) is 10.7 Å². The summed E-state index contributed by atoms with van der Waals surface area (Å²) in [4.78, 5) is 22.1. The number of carbonyl (C=O) groups is 1. The molecule has 0 aliphatic heterocycles. The highest BCUT2D eigenvalue weighted by Crippen LogP contribution is 2.31. The van der Waals surface area contributed by atoms with Crippen molar-refractivity contribution < 1.29 is 4.79 Å². The lowest BCUT2D eigenvalue weighted by molar-refractivity contribution is 0.102. The fourth-order valence-electron chi connectivity index (χ4n) is 2.51. The van der Waals surface area contributed by atoms with E-state index < -0.39 is 0 Å². The third kappa shape index (κ3) is 4.67. The Hall–Kier alpha value is -1.80. The highest BCUT2D eigenvalue weighted by atomic mass is 35.5. The van der Waals surface area contributed by atoms with Gasteiger partial charge in [-0.25, -0.2) is 9.97 Å². The van der Waals surface area contributed by atoms with Crippen molar-refractivity contribution in [2.24, 2.45) is 5.73 Å². The van der Waals surface area contributed by atoms with E-state index in [0.29, 0.717) is 17.4 Å². The lowest BCUT2D eigenvalue weighted by Crippen LogP contribution is -2.12. The molecule has 2 aromatic heterocycles. The van der Waals surface area contributed by atoms with Crippen molar-refractivity contribution in [2.45, 2.75) is 33.2 Å². The Morgan fingerprint density at radius 3 is 2.58 bits per heavy atom. The molecule has 1 aromatic carbocycles. The van der Waals surface area contributed by atoms with Crippen LogP contribution in [0.3, 0.4) is 0 Å². The van der Waals surface area contributed by atoms with Gasteiger partial charge in [-0.15, -0.1) is 35.1 Å². The third-order valence-electron chi connectivity index (χ3n) is 3.74. The average molecular weight is 409 g/mol. The summed E-state index contributed by atoms with van der Waals surface area (Å²) in [5.74, 6) is -0.255. The summed E-state index contributed by atoms with van der Waals surface area (Å²) in [6, 6.07) is 8.46. The maximum absolute atomic E-state index is 12.3. The Morgan fingerprint density at radius 2 is 1.96 bits per heavy atom. The molecule has 0 fully saturated rings. The van der Waals surface area contributed by atoms with Crippen LogP contribution in [0.5, 0.6) is 0 Å². The summed E-state index contributed by atoms with van der Waals surface area (Å²) in [6.45, 7) is 4.52. The second-order valence-corrected chi connectivity index (χ2v) is 7.80. The second-order valence-electron chi connectivity index (χ2n) is 5.66. The number of amides is 1. The molecule has 0 atom stereocenters. The fraction of sp³-hybridized carbons (Fsp3) is 0.278. The first-order valence-corrected chi connectivity index (χ1v) is 9.83. The summed E-state index contributed by atoms with van der Waals surface area (Å²) in [7, 11) is 0. The van der Waals surface area contributed by atoms with E-state index in [0.717, 1.165) is 34.0 Å². The first-order chi connectivity index (χ1) is 12.1. The van der Waals surface area contributed by atoms with Gasteiger partial charge < -0.3 is 5.73 Å². The minimum atomic E-state index is -0.255. The molecule has 0 spiro atoms. The lowest BCUT2D eigenvalue weighted by Gasteiger charge is -2.02. The number of aromatic nitrogens is 2. The van der Waals surface area contributed by atoms with Crippen LogP contribution in [0.2, 0.25) is 0 Å². The highest BCUT2D eigenvalue weighted by Gasteiger charge is 2.15. The number of halogens is 1. The number of nitrogens with one attached hydrogen (secondary N) is 1. The van der Waals surface area contributed by atoms with Gasteiger partial charge in [0.15, 0.2) is 5.13 Å². The third-order valence-corrected chi connectivity index (χ3v) is 5.50. The Balaban J connectivity index is 0.00000243. The van der Waals surface area contributed by atoms with Crippen LogP contribution in [0.1, 0.15) is 39.3 Å². The number of carbonyl (C=O) groups excluding carboxylic acids is 1. The SMILES string of the molecule is CCCc1ccc(-c2nc(NC(=O)c3csc(CN)n3)sc2C)cc1.Cl.